The van der Waals surface area contributed by atoms with Crippen LogP contribution in [0, 0.1) is 0 Å². The number of fused-ring (bicyclic) bond motifs is 1. The van der Waals surface area contributed by atoms with Crippen LogP contribution in [0.15, 0.2) is 30.9 Å². The zero-order valence-electron chi connectivity index (χ0n) is 12.9. The zero-order valence-corrected chi connectivity index (χ0v) is 12.9. The fourth-order valence-corrected chi connectivity index (χ4v) is 2.60. The molecule has 110 valence electrons. The number of hydrogen-bond acceptors (Lipinski definition) is 3. The lowest BCUT2D eigenvalue weighted by molar-refractivity contribution is 0.0659. The fourth-order valence-electron chi connectivity index (χ4n) is 2.60. The van der Waals surface area contributed by atoms with Crippen LogP contribution in [0.4, 0.5) is 0 Å². The van der Waals surface area contributed by atoms with E-state index in [2.05, 4.69) is 38.7 Å². The summed E-state index contributed by atoms with van der Waals surface area (Å²) in [5.41, 5.74) is 1.05. The SMILES string of the molecule is C=CC(C)Oc1ccc2c(c1)OC(C)(C)CC2NCC. The number of hydrogen-bond donors (Lipinski definition) is 1. The van der Waals surface area contributed by atoms with Crippen LogP contribution in [0.2, 0.25) is 0 Å². The van der Waals surface area contributed by atoms with Crippen LogP contribution in [-0.2, 0) is 0 Å². The lowest BCUT2D eigenvalue weighted by Crippen LogP contribution is -2.39. The van der Waals surface area contributed by atoms with Crippen molar-refractivity contribution in [3.05, 3.63) is 36.4 Å². The molecule has 0 bridgehead atoms. The fraction of sp³-hybridized carbons (Fsp3) is 0.529. The maximum Gasteiger partial charge on any atom is 0.128 e. The molecule has 0 aromatic heterocycles. The third-order valence-corrected chi connectivity index (χ3v) is 3.55. The van der Waals surface area contributed by atoms with Crippen molar-refractivity contribution >= 4 is 0 Å². The van der Waals surface area contributed by atoms with E-state index in [1.165, 1.54) is 5.56 Å². The van der Waals surface area contributed by atoms with Gasteiger partial charge in [0.25, 0.3) is 0 Å². The van der Waals surface area contributed by atoms with E-state index in [0.717, 1.165) is 24.5 Å². The molecule has 0 saturated heterocycles. The first-order valence-corrected chi connectivity index (χ1v) is 7.30. The van der Waals surface area contributed by atoms with Crippen LogP contribution in [0.5, 0.6) is 11.5 Å². The Morgan fingerprint density at radius 2 is 2.30 bits per heavy atom. The van der Waals surface area contributed by atoms with Crippen molar-refractivity contribution in [2.24, 2.45) is 0 Å². The van der Waals surface area contributed by atoms with Gasteiger partial charge in [-0.1, -0.05) is 25.6 Å². The van der Waals surface area contributed by atoms with Crippen LogP contribution >= 0.6 is 0 Å². The quantitative estimate of drug-likeness (QED) is 0.828. The first-order chi connectivity index (χ1) is 9.45. The van der Waals surface area contributed by atoms with Crippen molar-refractivity contribution in [2.75, 3.05) is 6.54 Å². The molecule has 0 radical (unpaired) electrons. The number of nitrogens with one attached hydrogen (secondary N) is 1. The summed E-state index contributed by atoms with van der Waals surface area (Å²) < 4.78 is 11.9. The molecule has 0 fully saturated rings. The van der Waals surface area contributed by atoms with Gasteiger partial charge < -0.3 is 14.8 Å². The van der Waals surface area contributed by atoms with E-state index >= 15 is 0 Å². The van der Waals surface area contributed by atoms with Crippen molar-refractivity contribution in [1.82, 2.24) is 5.32 Å². The van der Waals surface area contributed by atoms with Crippen molar-refractivity contribution < 1.29 is 9.47 Å². The highest BCUT2D eigenvalue weighted by Gasteiger charge is 2.33. The predicted molar refractivity (Wildman–Crippen MR) is 82.5 cm³/mol. The minimum Gasteiger partial charge on any atom is -0.487 e. The van der Waals surface area contributed by atoms with E-state index in [0.29, 0.717) is 6.04 Å². The van der Waals surface area contributed by atoms with Crippen LogP contribution in [0.1, 0.15) is 45.7 Å². The summed E-state index contributed by atoms with van der Waals surface area (Å²) in [6, 6.07) is 6.43. The van der Waals surface area contributed by atoms with E-state index < -0.39 is 0 Å². The molecular weight excluding hydrogens is 250 g/mol. The Balaban J connectivity index is 2.29. The van der Waals surface area contributed by atoms with Gasteiger partial charge in [0.15, 0.2) is 0 Å². The maximum absolute atomic E-state index is 6.11. The first kappa shape index (κ1) is 14.9. The van der Waals surface area contributed by atoms with Gasteiger partial charge in [0.2, 0.25) is 0 Å². The summed E-state index contributed by atoms with van der Waals surface area (Å²) in [6.07, 6.45) is 2.75. The van der Waals surface area contributed by atoms with Gasteiger partial charge in [0.1, 0.15) is 23.2 Å². The maximum atomic E-state index is 6.11. The molecule has 3 heteroatoms. The highest BCUT2D eigenvalue weighted by molar-refractivity contribution is 5.44. The Labute approximate surface area is 122 Å². The van der Waals surface area contributed by atoms with E-state index in [9.17, 15) is 0 Å². The molecule has 20 heavy (non-hydrogen) atoms. The average Bonchev–Trinajstić information content (AvgIpc) is 2.37. The van der Waals surface area contributed by atoms with E-state index in [4.69, 9.17) is 9.47 Å². The van der Waals surface area contributed by atoms with E-state index in [1.54, 1.807) is 6.08 Å². The average molecular weight is 275 g/mol. The number of ether oxygens (including phenoxy) is 2. The van der Waals surface area contributed by atoms with Crippen molar-refractivity contribution in [1.29, 1.82) is 0 Å². The van der Waals surface area contributed by atoms with Crippen LogP contribution in [0.25, 0.3) is 0 Å². The standard InChI is InChI=1S/C17H25NO2/c1-6-12(3)19-13-8-9-14-15(18-7-2)11-17(4,5)20-16(14)10-13/h6,8-10,12,15,18H,1,7,11H2,2-5H3. The molecule has 2 atom stereocenters. The topological polar surface area (TPSA) is 30.5 Å². The summed E-state index contributed by atoms with van der Waals surface area (Å²) in [4.78, 5) is 0. The third-order valence-electron chi connectivity index (χ3n) is 3.55. The summed E-state index contributed by atoms with van der Waals surface area (Å²) in [5, 5.41) is 3.53. The minimum atomic E-state index is -0.164. The smallest absolute Gasteiger partial charge is 0.128 e. The molecule has 2 rings (SSSR count). The molecule has 0 aliphatic carbocycles. The summed E-state index contributed by atoms with van der Waals surface area (Å²) in [5.74, 6) is 1.74. The number of benzene rings is 1. The second-order valence-electron chi connectivity index (χ2n) is 5.93. The molecule has 0 amide bonds. The van der Waals surface area contributed by atoms with Gasteiger partial charge >= 0.3 is 0 Å². The first-order valence-electron chi connectivity index (χ1n) is 7.30. The van der Waals surface area contributed by atoms with Crippen molar-refractivity contribution in [3.63, 3.8) is 0 Å². The largest absolute Gasteiger partial charge is 0.487 e. The Morgan fingerprint density at radius 3 is 2.95 bits per heavy atom. The lowest BCUT2D eigenvalue weighted by Gasteiger charge is -2.38. The van der Waals surface area contributed by atoms with Gasteiger partial charge in [-0.2, -0.15) is 0 Å². The summed E-state index contributed by atoms with van der Waals surface area (Å²) in [7, 11) is 0. The normalized spacial score (nSPS) is 21.5. The molecule has 0 saturated carbocycles. The monoisotopic (exact) mass is 275 g/mol. The molecule has 2 unspecified atom stereocenters. The Morgan fingerprint density at radius 1 is 1.55 bits per heavy atom. The molecule has 0 spiro atoms. The van der Waals surface area contributed by atoms with Gasteiger partial charge in [0, 0.05) is 24.1 Å². The second-order valence-corrected chi connectivity index (χ2v) is 5.93. The van der Waals surface area contributed by atoms with Crippen LogP contribution < -0.4 is 14.8 Å². The number of rotatable bonds is 5. The van der Waals surface area contributed by atoms with E-state index in [-0.39, 0.29) is 11.7 Å². The van der Waals surface area contributed by atoms with Gasteiger partial charge in [0.05, 0.1) is 0 Å². The molecule has 1 N–H and O–H groups in total. The van der Waals surface area contributed by atoms with Crippen LogP contribution in [-0.4, -0.2) is 18.2 Å². The molecule has 1 aliphatic heterocycles. The van der Waals surface area contributed by atoms with Crippen LogP contribution in [0.3, 0.4) is 0 Å². The predicted octanol–water partition coefficient (Wildman–Crippen LogP) is 3.85. The molecule has 1 aromatic carbocycles. The zero-order chi connectivity index (χ0) is 14.8. The van der Waals surface area contributed by atoms with Gasteiger partial charge in [-0.15, -0.1) is 0 Å². The van der Waals surface area contributed by atoms with E-state index in [1.807, 2.05) is 19.1 Å². The molecular formula is C17H25NO2. The lowest BCUT2D eigenvalue weighted by atomic mass is 9.89. The van der Waals surface area contributed by atoms with Crippen molar-refractivity contribution in [3.8, 4) is 11.5 Å². The Bertz CT molecular complexity index is 482. The molecule has 1 aromatic rings. The summed E-state index contributed by atoms with van der Waals surface area (Å²) in [6.45, 7) is 13.0. The highest BCUT2D eigenvalue weighted by atomic mass is 16.5. The van der Waals surface area contributed by atoms with Crippen molar-refractivity contribution in [2.45, 2.75) is 51.9 Å². The van der Waals surface area contributed by atoms with Gasteiger partial charge in [-0.3, -0.25) is 0 Å². The van der Waals surface area contributed by atoms with Gasteiger partial charge in [-0.05, 0) is 33.4 Å². The molecule has 1 heterocycles. The Hall–Kier alpha value is -1.48. The minimum absolute atomic E-state index is 0.00536. The summed E-state index contributed by atoms with van der Waals surface area (Å²) >= 11 is 0. The van der Waals surface area contributed by atoms with Gasteiger partial charge in [-0.25, -0.2) is 0 Å². The second kappa shape index (κ2) is 5.88. The highest BCUT2D eigenvalue weighted by Crippen LogP contribution is 2.41. The molecule has 3 nitrogen and oxygen atoms in total. The Kier molecular flexibility index (Phi) is 4.39. The molecule has 1 aliphatic rings. The third kappa shape index (κ3) is 3.34.